The monoisotopic (exact) mass is 456 g/mol. The van der Waals surface area contributed by atoms with Crippen LogP contribution >= 0.6 is 0 Å². The quantitative estimate of drug-likeness (QED) is 0.306. The Balaban J connectivity index is -0.00000000889. The van der Waals surface area contributed by atoms with Crippen molar-refractivity contribution in [1.29, 1.82) is 0 Å². The van der Waals surface area contributed by atoms with Gasteiger partial charge in [0.2, 0.25) is 0 Å². The fraction of sp³-hybridized carbons (Fsp3) is 0. The van der Waals surface area contributed by atoms with Gasteiger partial charge in [-0.2, -0.15) is 0 Å². The first-order valence-electron chi connectivity index (χ1n) is 2.45. The zero-order valence-corrected chi connectivity index (χ0v) is 18.3. The summed E-state index contributed by atoms with van der Waals surface area (Å²) in [5, 5.41) is 0. The summed E-state index contributed by atoms with van der Waals surface area (Å²) in [5.74, 6) is 0. The van der Waals surface area contributed by atoms with Crippen molar-refractivity contribution in [3.8, 4) is 0 Å². The second-order valence-corrected chi connectivity index (χ2v) is 4.50. The molecule has 0 aromatic heterocycles. The summed E-state index contributed by atoms with van der Waals surface area (Å²) in [6.07, 6.45) is 0. The average Bonchev–Trinajstić information content (AvgIpc) is 1.41. The van der Waals surface area contributed by atoms with Gasteiger partial charge in [0.1, 0.15) is 0 Å². The zero-order chi connectivity index (χ0) is 13.5. The summed E-state index contributed by atoms with van der Waals surface area (Å²) in [4.78, 5) is 103. The van der Waals surface area contributed by atoms with Gasteiger partial charge in [0, 0.05) is 0 Å². The SMILES string of the molecule is O.O.O.O.[Al+3].[Al+3].[Al+3].[Al+3].[O-][Si]([O-])([O-])[O-].[O-][Si]([O-])([O-])[O-].[O-][Si]([O-])([O-])[O-]. The van der Waals surface area contributed by atoms with E-state index in [0.717, 1.165) is 0 Å². The van der Waals surface area contributed by atoms with Crippen LogP contribution in [-0.2, 0) is 0 Å². The summed E-state index contributed by atoms with van der Waals surface area (Å²) in [6.45, 7) is 0. The van der Waals surface area contributed by atoms with Crippen molar-refractivity contribution < 1.29 is 79.5 Å². The number of hydrogen-bond donors (Lipinski definition) is 0. The minimum Gasteiger partial charge on any atom is -0.894 e. The van der Waals surface area contributed by atoms with E-state index in [1.807, 2.05) is 0 Å². The Kier molecular flexibility index (Phi) is 102. The molecule has 0 heterocycles. The molecule has 0 aliphatic carbocycles. The van der Waals surface area contributed by atoms with E-state index in [-0.39, 0.29) is 91.3 Å². The van der Waals surface area contributed by atoms with E-state index < -0.39 is 27.1 Å². The Bertz CT molecular complexity index is 102. The van der Waals surface area contributed by atoms with Crippen LogP contribution in [0.3, 0.4) is 0 Å². The third-order valence-corrected chi connectivity index (χ3v) is 0. The van der Waals surface area contributed by atoms with Gasteiger partial charge in [-0.1, -0.05) is 0 Å². The molecule has 16 nitrogen and oxygen atoms in total. The van der Waals surface area contributed by atoms with E-state index in [0.29, 0.717) is 0 Å². The van der Waals surface area contributed by atoms with E-state index in [1.165, 1.54) is 0 Å². The van der Waals surface area contributed by atoms with E-state index >= 15 is 0 Å². The first kappa shape index (κ1) is 73.3. The van der Waals surface area contributed by atoms with Crippen LogP contribution < -0.4 is 57.5 Å². The van der Waals surface area contributed by atoms with Crippen LogP contribution in [0.1, 0.15) is 0 Å². The molecule has 0 aliphatic rings. The first-order chi connectivity index (χ1) is 6.00. The molecule has 0 fully saturated rings. The van der Waals surface area contributed by atoms with Crippen LogP contribution in [0.15, 0.2) is 0 Å². The van der Waals surface area contributed by atoms with Crippen LogP contribution in [0.4, 0.5) is 0 Å². The van der Waals surface area contributed by atoms with Crippen LogP contribution in [0.5, 0.6) is 0 Å². The third-order valence-electron chi connectivity index (χ3n) is 0. The normalized spacial score (nSPS) is 7.83. The summed E-state index contributed by atoms with van der Waals surface area (Å²) < 4.78 is 0. The van der Waals surface area contributed by atoms with Gasteiger partial charge in [-0.3, -0.25) is 0 Å². The number of rotatable bonds is 0. The Morgan fingerprint density at radius 1 is 0.261 bits per heavy atom. The molecule has 0 radical (unpaired) electrons. The second kappa shape index (κ2) is 31.9. The van der Waals surface area contributed by atoms with Crippen LogP contribution in [0.25, 0.3) is 0 Å². The third kappa shape index (κ3) is 2580. The maximum atomic E-state index is 8.58. The summed E-state index contributed by atoms with van der Waals surface area (Å²) >= 11 is 0. The molecule has 0 bridgehead atoms. The molecule has 0 spiro atoms. The van der Waals surface area contributed by atoms with E-state index in [2.05, 4.69) is 0 Å². The predicted molar refractivity (Wildman–Crippen MR) is 54.7 cm³/mol. The smallest absolute Gasteiger partial charge is 0.894 e. The van der Waals surface area contributed by atoms with E-state index in [9.17, 15) is 0 Å². The summed E-state index contributed by atoms with van der Waals surface area (Å²) in [5.41, 5.74) is 0. The van der Waals surface area contributed by atoms with Crippen molar-refractivity contribution in [1.82, 2.24) is 0 Å². The fourth-order valence-corrected chi connectivity index (χ4v) is 0. The molecule has 0 saturated carbocycles. The van der Waals surface area contributed by atoms with Crippen LogP contribution in [0, 0.1) is 0 Å². The zero-order valence-electron chi connectivity index (χ0n) is 10.7. The minimum absolute atomic E-state index is 0. The molecular weight excluding hydrogens is 448 g/mol. The van der Waals surface area contributed by atoms with Crippen molar-refractivity contribution in [2.75, 3.05) is 0 Å². The second-order valence-electron chi connectivity index (χ2n) is 1.50. The molecule has 0 amide bonds. The maximum absolute atomic E-state index is 8.58. The minimum atomic E-state index is -5.61. The molecular formula is H8Al4O16Si3. The summed E-state index contributed by atoms with van der Waals surface area (Å²) in [6, 6.07) is 0. The molecule has 23 heavy (non-hydrogen) atoms. The van der Waals surface area contributed by atoms with Crippen LogP contribution in [0.2, 0.25) is 0 Å². The molecule has 128 valence electrons. The van der Waals surface area contributed by atoms with Gasteiger partial charge in [0.05, 0.1) is 0 Å². The van der Waals surface area contributed by atoms with Crippen molar-refractivity contribution in [3.63, 3.8) is 0 Å². The van der Waals surface area contributed by atoms with E-state index in [4.69, 9.17) is 57.5 Å². The standard InChI is InChI=1S/4Al.3O4Si.4H2O/c;;;;3*1-5(2,3)4;;;;/h;;;;;;;4*1H2/q4*+3;3*-4;;;;. The van der Waals surface area contributed by atoms with Gasteiger partial charge in [0.15, 0.2) is 0 Å². The topological polar surface area (TPSA) is 403 Å². The molecule has 0 unspecified atom stereocenters. The average molecular weight is 456 g/mol. The first-order valence-corrected chi connectivity index (χ1v) is 7.35. The largest absolute Gasteiger partial charge is 3.00 e. The molecule has 8 N–H and O–H groups in total. The molecule has 0 aliphatic heterocycles. The van der Waals surface area contributed by atoms with Gasteiger partial charge >= 0.3 is 69.4 Å². The predicted octanol–water partition coefficient (Wildman–Crippen LogP) is -20.2. The molecule has 0 rings (SSSR count). The Hall–Kier alpha value is 2.14. The van der Waals surface area contributed by atoms with Crippen molar-refractivity contribution >= 4 is 96.6 Å². The summed E-state index contributed by atoms with van der Waals surface area (Å²) in [7, 11) is -16.8. The molecule has 23 heteroatoms. The number of hydrogen-bond acceptors (Lipinski definition) is 12. The molecule has 0 atom stereocenters. The van der Waals surface area contributed by atoms with Gasteiger partial charge in [-0.15, -0.1) is 0 Å². The van der Waals surface area contributed by atoms with Crippen molar-refractivity contribution in [2.24, 2.45) is 0 Å². The van der Waals surface area contributed by atoms with Gasteiger partial charge in [-0.25, -0.2) is 0 Å². The van der Waals surface area contributed by atoms with E-state index in [1.54, 1.807) is 0 Å². The Morgan fingerprint density at radius 3 is 0.261 bits per heavy atom. The van der Waals surface area contributed by atoms with Gasteiger partial charge in [0.25, 0.3) is 0 Å². The van der Waals surface area contributed by atoms with Gasteiger partial charge in [-0.05, 0) is 0 Å². The molecule has 0 aromatic carbocycles. The van der Waals surface area contributed by atoms with Crippen molar-refractivity contribution in [3.05, 3.63) is 0 Å². The fourth-order valence-electron chi connectivity index (χ4n) is 0. The molecule has 0 aromatic rings. The van der Waals surface area contributed by atoms with Gasteiger partial charge < -0.3 is 107 Å². The molecule has 0 saturated heterocycles. The maximum Gasteiger partial charge on any atom is 3.00 e. The Labute approximate surface area is 175 Å². The van der Waals surface area contributed by atoms with Crippen molar-refractivity contribution in [2.45, 2.75) is 0 Å². The Morgan fingerprint density at radius 2 is 0.261 bits per heavy atom. The van der Waals surface area contributed by atoms with Crippen LogP contribution in [-0.4, -0.2) is 118 Å².